The third-order valence-electron chi connectivity index (χ3n) is 6.06. The molecule has 1 aliphatic heterocycles. The van der Waals surface area contributed by atoms with Gasteiger partial charge in [-0.3, -0.25) is 14.4 Å². The summed E-state index contributed by atoms with van der Waals surface area (Å²) in [7, 11) is 0. The number of esters is 2. The van der Waals surface area contributed by atoms with Crippen LogP contribution in [0.1, 0.15) is 37.8 Å². The number of benzene rings is 2. The Morgan fingerprint density at radius 3 is 2.05 bits per heavy atom. The molecule has 1 saturated heterocycles. The molecule has 208 valence electrons. The van der Waals surface area contributed by atoms with E-state index in [0.29, 0.717) is 6.42 Å². The first-order valence-electron chi connectivity index (χ1n) is 12.7. The minimum Gasteiger partial charge on any atom is -0.459 e. The van der Waals surface area contributed by atoms with Crippen LogP contribution in [0.5, 0.6) is 0 Å². The first-order chi connectivity index (χ1) is 18.7. The lowest BCUT2D eigenvalue weighted by Gasteiger charge is -2.31. The minimum atomic E-state index is -1.02. The van der Waals surface area contributed by atoms with Crippen molar-refractivity contribution in [2.75, 3.05) is 6.54 Å². The maximum absolute atomic E-state index is 12.8. The van der Waals surface area contributed by atoms with E-state index in [1.807, 2.05) is 36.4 Å². The number of amides is 3. The SMILES string of the molecule is C[C@H](NC(=O)OCc1ccccc1)C(=O)N[C@H](CCCNC(=O)[C@H]1OC(=O)[C@@H]1C)C(=O)OCc1ccccc1. The number of hydrogen-bond donors (Lipinski definition) is 3. The molecule has 0 aliphatic carbocycles. The number of rotatable bonds is 13. The van der Waals surface area contributed by atoms with Crippen LogP contribution in [0, 0.1) is 5.92 Å². The van der Waals surface area contributed by atoms with Gasteiger partial charge in [-0.1, -0.05) is 60.7 Å². The van der Waals surface area contributed by atoms with E-state index in [1.165, 1.54) is 6.92 Å². The molecule has 4 atom stereocenters. The maximum atomic E-state index is 12.8. The smallest absolute Gasteiger partial charge is 0.408 e. The monoisotopic (exact) mass is 539 g/mol. The number of carbonyl (C=O) groups excluding carboxylic acids is 5. The van der Waals surface area contributed by atoms with Crippen LogP contribution in [0.2, 0.25) is 0 Å². The Bertz CT molecular complexity index is 1140. The molecule has 0 bridgehead atoms. The number of carbonyl (C=O) groups is 5. The molecule has 11 nitrogen and oxygen atoms in total. The van der Waals surface area contributed by atoms with Crippen LogP contribution in [-0.4, -0.2) is 54.6 Å². The fourth-order valence-electron chi connectivity index (χ4n) is 3.67. The molecule has 3 N–H and O–H groups in total. The summed E-state index contributed by atoms with van der Waals surface area (Å²) in [5.41, 5.74) is 1.58. The highest BCUT2D eigenvalue weighted by Gasteiger charge is 2.43. The molecule has 3 amide bonds. The van der Waals surface area contributed by atoms with Gasteiger partial charge in [0.2, 0.25) is 5.91 Å². The van der Waals surface area contributed by atoms with Gasteiger partial charge >= 0.3 is 18.0 Å². The summed E-state index contributed by atoms with van der Waals surface area (Å²) in [6.07, 6.45) is -1.12. The van der Waals surface area contributed by atoms with Crippen molar-refractivity contribution in [2.24, 2.45) is 5.92 Å². The first kappa shape index (κ1) is 29.2. The van der Waals surface area contributed by atoms with Crippen molar-refractivity contribution < 1.29 is 38.2 Å². The third-order valence-corrected chi connectivity index (χ3v) is 6.06. The molecular weight excluding hydrogens is 506 g/mol. The predicted molar refractivity (Wildman–Crippen MR) is 139 cm³/mol. The van der Waals surface area contributed by atoms with Gasteiger partial charge in [0.1, 0.15) is 31.2 Å². The minimum absolute atomic E-state index is 0.0212. The standard InChI is InChI=1S/C28H33N3O8/c1-18-23(39-26(18)34)25(33)29-15-9-14-22(27(35)37-16-20-10-5-3-6-11-20)31-24(32)19(2)30-28(36)38-17-21-12-7-4-8-13-21/h3-8,10-13,18-19,22-23H,9,14-17H2,1-2H3,(H,29,33)(H,30,36)(H,31,32)/t18-,19+,22-,23+/m1/s1. The van der Waals surface area contributed by atoms with Crippen molar-refractivity contribution in [2.45, 2.75) is 58.1 Å². The van der Waals surface area contributed by atoms with Crippen LogP contribution in [-0.2, 0) is 46.6 Å². The van der Waals surface area contributed by atoms with Crippen LogP contribution >= 0.6 is 0 Å². The summed E-state index contributed by atoms with van der Waals surface area (Å²) in [4.78, 5) is 61.1. The zero-order valence-corrected chi connectivity index (χ0v) is 21.9. The summed E-state index contributed by atoms with van der Waals surface area (Å²) < 4.78 is 15.4. The van der Waals surface area contributed by atoms with Crippen molar-refractivity contribution in [3.63, 3.8) is 0 Å². The molecule has 11 heteroatoms. The van der Waals surface area contributed by atoms with E-state index in [-0.39, 0.29) is 26.2 Å². The molecule has 0 spiro atoms. The van der Waals surface area contributed by atoms with Crippen LogP contribution in [0.3, 0.4) is 0 Å². The molecule has 0 aromatic heterocycles. The number of nitrogens with one attached hydrogen (secondary N) is 3. The molecule has 1 heterocycles. The molecule has 0 saturated carbocycles. The van der Waals surface area contributed by atoms with Crippen molar-refractivity contribution in [3.05, 3.63) is 71.8 Å². The number of hydrogen-bond acceptors (Lipinski definition) is 8. The summed E-state index contributed by atoms with van der Waals surface area (Å²) >= 11 is 0. The number of cyclic esters (lactones) is 1. The summed E-state index contributed by atoms with van der Waals surface area (Å²) in [5, 5.41) is 7.72. The van der Waals surface area contributed by atoms with Gasteiger partial charge in [-0.25, -0.2) is 9.59 Å². The van der Waals surface area contributed by atoms with Gasteiger partial charge in [-0.05, 0) is 37.8 Å². The third kappa shape index (κ3) is 9.13. The summed E-state index contributed by atoms with van der Waals surface area (Å²) in [5.74, 6) is -2.60. The highest BCUT2D eigenvalue weighted by molar-refractivity contribution is 5.93. The lowest BCUT2D eigenvalue weighted by atomic mass is 9.99. The summed E-state index contributed by atoms with van der Waals surface area (Å²) in [6, 6.07) is 16.1. The Morgan fingerprint density at radius 1 is 0.897 bits per heavy atom. The predicted octanol–water partition coefficient (Wildman–Crippen LogP) is 1.99. The topological polar surface area (TPSA) is 149 Å². The second-order valence-corrected chi connectivity index (χ2v) is 9.16. The largest absolute Gasteiger partial charge is 0.459 e. The Balaban J connectivity index is 1.49. The van der Waals surface area contributed by atoms with Gasteiger partial charge in [0, 0.05) is 6.54 Å². The molecular formula is C28H33N3O8. The summed E-state index contributed by atoms with van der Waals surface area (Å²) in [6.45, 7) is 3.33. The highest BCUT2D eigenvalue weighted by atomic mass is 16.6. The quantitative estimate of drug-likeness (QED) is 0.199. The van der Waals surface area contributed by atoms with E-state index in [4.69, 9.17) is 14.2 Å². The van der Waals surface area contributed by atoms with Gasteiger partial charge in [0.25, 0.3) is 5.91 Å². The molecule has 2 aromatic rings. The normalized spacial score (nSPS) is 17.4. The molecule has 1 aliphatic rings. The van der Waals surface area contributed by atoms with Crippen LogP contribution in [0.15, 0.2) is 60.7 Å². The first-order valence-corrected chi connectivity index (χ1v) is 12.7. The Hall–Kier alpha value is -4.41. The van der Waals surface area contributed by atoms with Crippen molar-refractivity contribution in [1.29, 1.82) is 0 Å². The zero-order valence-electron chi connectivity index (χ0n) is 21.9. The van der Waals surface area contributed by atoms with Gasteiger partial charge in [-0.2, -0.15) is 0 Å². The lowest BCUT2D eigenvalue weighted by molar-refractivity contribution is -0.186. The zero-order chi connectivity index (χ0) is 28.2. The average molecular weight is 540 g/mol. The number of alkyl carbamates (subject to hydrolysis) is 1. The van der Waals surface area contributed by atoms with Crippen molar-refractivity contribution in [1.82, 2.24) is 16.0 Å². The molecule has 0 unspecified atom stereocenters. The van der Waals surface area contributed by atoms with Gasteiger partial charge in [-0.15, -0.1) is 0 Å². The van der Waals surface area contributed by atoms with Crippen LogP contribution in [0.4, 0.5) is 4.79 Å². The second-order valence-electron chi connectivity index (χ2n) is 9.16. The Labute approximate surface area is 226 Å². The maximum Gasteiger partial charge on any atom is 0.408 e. The van der Waals surface area contributed by atoms with Crippen molar-refractivity contribution in [3.8, 4) is 0 Å². The second kappa shape index (κ2) is 14.5. The van der Waals surface area contributed by atoms with E-state index in [1.54, 1.807) is 31.2 Å². The molecule has 1 fully saturated rings. The van der Waals surface area contributed by atoms with Gasteiger partial charge in [0.05, 0.1) is 0 Å². The van der Waals surface area contributed by atoms with E-state index >= 15 is 0 Å². The van der Waals surface area contributed by atoms with E-state index in [9.17, 15) is 24.0 Å². The molecule has 39 heavy (non-hydrogen) atoms. The number of ether oxygens (including phenoxy) is 3. The average Bonchev–Trinajstić information content (AvgIpc) is 2.95. The van der Waals surface area contributed by atoms with E-state index < -0.39 is 54.0 Å². The Kier molecular flexibility index (Phi) is 10.8. The molecule has 0 radical (unpaired) electrons. The fourth-order valence-corrected chi connectivity index (χ4v) is 3.67. The highest BCUT2D eigenvalue weighted by Crippen LogP contribution is 2.21. The van der Waals surface area contributed by atoms with E-state index in [0.717, 1.165) is 11.1 Å². The van der Waals surface area contributed by atoms with Crippen LogP contribution in [0.25, 0.3) is 0 Å². The lowest BCUT2D eigenvalue weighted by Crippen LogP contribution is -2.53. The molecule has 3 rings (SSSR count). The van der Waals surface area contributed by atoms with E-state index in [2.05, 4.69) is 16.0 Å². The van der Waals surface area contributed by atoms with Crippen molar-refractivity contribution >= 4 is 29.8 Å². The fraction of sp³-hybridized carbons (Fsp3) is 0.393. The van der Waals surface area contributed by atoms with Gasteiger partial charge in [0.15, 0.2) is 6.10 Å². The van der Waals surface area contributed by atoms with Gasteiger partial charge < -0.3 is 30.2 Å². The molecule has 2 aromatic carbocycles. The van der Waals surface area contributed by atoms with Crippen LogP contribution < -0.4 is 16.0 Å². The Morgan fingerprint density at radius 2 is 1.49 bits per heavy atom.